The smallest absolute Gasteiger partial charge is 0.231 e. The van der Waals surface area contributed by atoms with E-state index in [1.807, 2.05) is 60.7 Å². The fraction of sp³-hybridized carbons (Fsp3) is 0.172. The molecule has 1 aliphatic heterocycles. The van der Waals surface area contributed by atoms with Gasteiger partial charge in [-0.15, -0.1) is 22.7 Å². The van der Waals surface area contributed by atoms with Crippen LogP contribution in [0.3, 0.4) is 0 Å². The molecule has 6 rings (SSSR count). The second kappa shape index (κ2) is 10.2. The van der Waals surface area contributed by atoms with Crippen LogP contribution in [0.1, 0.15) is 22.4 Å². The fourth-order valence-electron chi connectivity index (χ4n) is 4.26. The summed E-state index contributed by atoms with van der Waals surface area (Å²) in [4.78, 5) is 19.0. The molecule has 1 amide bonds. The van der Waals surface area contributed by atoms with Gasteiger partial charge in [0.25, 0.3) is 0 Å². The number of nitrogens with zero attached hydrogens (tertiary/aromatic N) is 1. The van der Waals surface area contributed by atoms with E-state index in [0.29, 0.717) is 6.61 Å². The maximum absolute atomic E-state index is 12.9. The minimum Gasteiger partial charge on any atom is -0.493 e. The lowest BCUT2D eigenvalue weighted by atomic mass is 10.1. The van der Waals surface area contributed by atoms with Gasteiger partial charge in [-0.1, -0.05) is 36.4 Å². The van der Waals surface area contributed by atoms with Gasteiger partial charge in [-0.3, -0.25) is 4.79 Å². The Kier molecular flexibility index (Phi) is 6.51. The van der Waals surface area contributed by atoms with Crippen molar-refractivity contribution in [1.82, 2.24) is 4.98 Å². The van der Waals surface area contributed by atoms with E-state index >= 15 is 0 Å². The predicted molar refractivity (Wildman–Crippen MR) is 148 cm³/mol. The Bertz CT molecular complexity index is 1540. The number of rotatable bonds is 8. The van der Waals surface area contributed by atoms with E-state index in [2.05, 4.69) is 24.4 Å². The van der Waals surface area contributed by atoms with E-state index in [-0.39, 0.29) is 19.1 Å². The number of thiazole rings is 1. The van der Waals surface area contributed by atoms with Gasteiger partial charge in [0.1, 0.15) is 15.8 Å². The maximum atomic E-state index is 12.9. The number of benzene rings is 3. The molecular formula is C29H24N2O4S2. The van der Waals surface area contributed by atoms with Crippen LogP contribution < -0.4 is 19.5 Å². The molecule has 37 heavy (non-hydrogen) atoms. The quantitative estimate of drug-likeness (QED) is 0.233. The number of nitrogens with one attached hydrogen (secondary N) is 1. The SMILES string of the molecule is Cc1c(Cc2ccc3c(c2)OCO3)sc(NC(=O)CCOc2ccccc2)c1-c1nc2ccccc2s1. The van der Waals surface area contributed by atoms with E-state index in [1.165, 1.54) is 4.88 Å². The van der Waals surface area contributed by atoms with Gasteiger partial charge in [0.2, 0.25) is 12.7 Å². The zero-order chi connectivity index (χ0) is 25.2. The first-order valence-corrected chi connectivity index (χ1v) is 13.6. The normalized spacial score (nSPS) is 12.1. The summed E-state index contributed by atoms with van der Waals surface area (Å²) in [6.45, 7) is 2.66. The molecule has 1 N–H and O–H groups in total. The van der Waals surface area contributed by atoms with E-state index < -0.39 is 0 Å². The van der Waals surface area contributed by atoms with Gasteiger partial charge in [0, 0.05) is 16.9 Å². The highest BCUT2D eigenvalue weighted by molar-refractivity contribution is 7.22. The predicted octanol–water partition coefficient (Wildman–Crippen LogP) is 7.06. The number of amides is 1. The monoisotopic (exact) mass is 528 g/mol. The molecule has 0 aliphatic carbocycles. The Morgan fingerprint density at radius 3 is 2.68 bits per heavy atom. The molecule has 0 atom stereocenters. The molecule has 0 saturated heterocycles. The average molecular weight is 529 g/mol. The number of anilines is 1. The van der Waals surface area contributed by atoms with Crippen LogP contribution in [0.15, 0.2) is 72.8 Å². The van der Waals surface area contributed by atoms with Crippen LogP contribution in [0.5, 0.6) is 17.2 Å². The van der Waals surface area contributed by atoms with Crippen molar-refractivity contribution >= 4 is 43.8 Å². The molecule has 3 heterocycles. The molecule has 1 aliphatic rings. The first-order chi connectivity index (χ1) is 18.1. The summed E-state index contributed by atoms with van der Waals surface area (Å²) < 4.78 is 17.9. The minimum absolute atomic E-state index is 0.0887. The van der Waals surface area contributed by atoms with E-state index in [1.54, 1.807) is 22.7 Å². The molecule has 0 spiro atoms. The first kappa shape index (κ1) is 23.5. The van der Waals surface area contributed by atoms with Crippen LogP contribution in [0.25, 0.3) is 20.8 Å². The zero-order valence-electron chi connectivity index (χ0n) is 20.2. The summed E-state index contributed by atoms with van der Waals surface area (Å²) in [5, 5.41) is 4.87. The number of hydrogen-bond donors (Lipinski definition) is 1. The van der Waals surface area contributed by atoms with Crippen molar-refractivity contribution < 1.29 is 19.0 Å². The Labute approximate surface area is 222 Å². The van der Waals surface area contributed by atoms with Crippen molar-refractivity contribution in [3.05, 3.63) is 88.8 Å². The van der Waals surface area contributed by atoms with Crippen LogP contribution >= 0.6 is 22.7 Å². The fourth-order valence-corrected chi connectivity index (χ4v) is 6.65. The first-order valence-electron chi connectivity index (χ1n) is 12.0. The molecule has 2 aromatic heterocycles. The lowest BCUT2D eigenvalue weighted by molar-refractivity contribution is -0.116. The Balaban J connectivity index is 1.27. The number of fused-ring (bicyclic) bond motifs is 2. The number of hydrogen-bond acceptors (Lipinski definition) is 7. The molecule has 8 heteroatoms. The lowest BCUT2D eigenvalue weighted by Gasteiger charge is -2.07. The van der Waals surface area contributed by atoms with Crippen LogP contribution in [0.2, 0.25) is 0 Å². The van der Waals surface area contributed by atoms with Gasteiger partial charge in [-0.2, -0.15) is 0 Å². The molecule has 186 valence electrons. The number of carbonyl (C=O) groups is 1. The van der Waals surface area contributed by atoms with Gasteiger partial charge < -0.3 is 19.5 Å². The van der Waals surface area contributed by atoms with Crippen molar-refractivity contribution in [1.29, 1.82) is 0 Å². The van der Waals surface area contributed by atoms with E-state index in [9.17, 15) is 4.79 Å². The summed E-state index contributed by atoms with van der Waals surface area (Å²) >= 11 is 3.24. The van der Waals surface area contributed by atoms with Gasteiger partial charge >= 0.3 is 0 Å². The van der Waals surface area contributed by atoms with Crippen molar-refractivity contribution in [3.63, 3.8) is 0 Å². The van der Waals surface area contributed by atoms with E-state index in [0.717, 1.165) is 60.6 Å². The summed E-state index contributed by atoms with van der Waals surface area (Å²) in [6, 6.07) is 23.7. The van der Waals surface area contributed by atoms with Gasteiger partial charge in [-0.25, -0.2) is 4.98 Å². The van der Waals surface area contributed by atoms with E-state index in [4.69, 9.17) is 19.2 Å². The highest BCUT2D eigenvalue weighted by Gasteiger charge is 2.22. The standard InChI is InChI=1S/C29H24N2O4S2/c1-18-25(16-19-11-12-22-23(15-19)35-17-34-22)37-29(27(18)28-30-21-9-5-6-10-24(21)36-28)31-26(32)13-14-33-20-7-3-2-4-8-20/h2-12,15H,13-14,16-17H2,1H3,(H,31,32). The highest BCUT2D eigenvalue weighted by Crippen LogP contribution is 2.44. The Hall–Kier alpha value is -3.88. The van der Waals surface area contributed by atoms with Crippen molar-refractivity contribution in [3.8, 4) is 27.8 Å². The number of aromatic nitrogens is 1. The largest absolute Gasteiger partial charge is 0.493 e. The van der Waals surface area contributed by atoms with Crippen molar-refractivity contribution in [2.75, 3.05) is 18.7 Å². The molecule has 3 aromatic carbocycles. The third kappa shape index (κ3) is 5.03. The topological polar surface area (TPSA) is 69.7 Å². The van der Waals surface area contributed by atoms with Crippen molar-refractivity contribution in [2.24, 2.45) is 0 Å². The minimum atomic E-state index is -0.0887. The molecular weight excluding hydrogens is 504 g/mol. The zero-order valence-corrected chi connectivity index (χ0v) is 21.8. The van der Waals surface area contributed by atoms with Gasteiger partial charge in [-0.05, 0) is 54.4 Å². The molecule has 0 unspecified atom stereocenters. The molecule has 0 bridgehead atoms. The summed E-state index contributed by atoms with van der Waals surface area (Å²) in [6.07, 6.45) is 0.973. The second-order valence-electron chi connectivity index (χ2n) is 8.67. The number of thiophene rings is 1. The summed E-state index contributed by atoms with van der Waals surface area (Å²) in [5.74, 6) is 2.20. The van der Waals surface area contributed by atoms with Crippen molar-refractivity contribution in [2.45, 2.75) is 19.8 Å². The van der Waals surface area contributed by atoms with Crippen LogP contribution in [-0.2, 0) is 11.2 Å². The summed E-state index contributed by atoms with van der Waals surface area (Å²) in [5.41, 5.74) is 4.19. The molecule has 0 fully saturated rings. The molecule has 6 nitrogen and oxygen atoms in total. The third-order valence-corrected chi connectivity index (χ3v) is 8.41. The Morgan fingerprint density at radius 2 is 1.81 bits per heavy atom. The summed E-state index contributed by atoms with van der Waals surface area (Å²) in [7, 11) is 0. The average Bonchev–Trinajstić information content (AvgIpc) is 3.62. The number of para-hydroxylation sites is 2. The molecule has 0 saturated carbocycles. The second-order valence-corrected chi connectivity index (χ2v) is 10.8. The van der Waals surface area contributed by atoms with Crippen LogP contribution in [-0.4, -0.2) is 24.3 Å². The number of ether oxygens (including phenoxy) is 3. The number of carbonyl (C=O) groups excluding carboxylic acids is 1. The molecule has 5 aromatic rings. The van der Waals surface area contributed by atoms with Gasteiger partial charge in [0.15, 0.2) is 11.5 Å². The highest BCUT2D eigenvalue weighted by atomic mass is 32.1. The van der Waals surface area contributed by atoms with Crippen LogP contribution in [0, 0.1) is 6.92 Å². The van der Waals surface area contributed by atoms with Gasteiger partial charge in [0.05, 0.1) is 23.2 Å². The maximum Gasteiger partial charge on any atom is 0.231 e. The molecule has 0 radical (unpaired) electrons. The third-order valence-electron chi connectivity index (χ3n) is 6.15. The Morgan fingerprint density at radius 1 is 1.00 bits per heavy atom. The van der Waals surface area contributed by atoms with Crippen LogP contribution in [0.4, 0.5) is 5.00 Å². The lowest BCUT2D eigenvalue weighted by Crippen LogP contribution is -2.15.